The number of aliphatic hydroxyl groups is 1. The Hall–Kier alpha value is -1.04. The summed E-state index contributed by atoms with van der Waals surface area (Å²) in [5.74, 6) is 2.00. The highest BCUT2D eigenvalue weighted by molar-refractivity contribution is 7.99. The van der Waals surface area contributed by atoms with Crippen molar-refractivity contribution >= 4 is 23.4 Å². The van der Waals surface area contributed by atoms with E-state index in [0.29, 0.717) is 13.0 Å². The molecule has 0 unspecified atom stereocenters. The lowest BCUT2D eigenvalue weighted by Crippen LogP contribution is -2.50. The Morgan fingerprint density at radius 3 is 2.86 bits per heavy atom. The molecular weight excluding hydrogens is 284 g/mol. The van der Waals surface area contributed by atoms with Crippen molar-refractivity contribution in [1.29, 1.82) is 0 Å². The van der Waals surface area contributed by atoms with Gasteiger partial charge in [-0.1, -0.05) is 18.2 Å². The monoisotopic (exact) mass is 306 g/mol. The summed E-state index contributed by atoms with van der Waals surface area (Å²) in [4.78, 5) is 14.2. The number of rotatable bonds is 4. The van der Waals surface area contributed by atoms with Gasteiger partial charge >= 0.3 is 0 Å². The van der Waals surface area contributed by atoms with Gasteiger partial charge in [0.15, 0.2) is 0 Å². The zero-order chi connectivity index (χ0) is 14.7. The normalized spacial score (nSPS) is 29.9. The number of anilines is 1. The topological polar surface area (TPSA) is 52.6 Å². The molecule has 2 N–H and O–H groups in total. The lowest BCUT2D eigenvalue weighted by Gasteiger charge is -2.34. The fourth-order valence-corrected chi connectivity index (χ4v) is 4.25. The van der Waals surface area contributed by atoms with Gasteiger partial charge in [-0.3, -0.25) is 4.79 Å². The molecule has 2 saturated heterocycles. The molecule has 2 fully saturated rings. The molecule has 0 bridgehead atoms. The van der Waals surface area contributed by atoms with Crippen LogP contribution in [0.3, 0.4) is 0 Å². The Morgan fingerprint density at radius 2 is 2.19 bits per heavy atom. The third-order valence-corrected chi connectivity index (χ3v) is 5.53. The number of nitrogens with one attached hydrogen (secondary N) is 1. The molecule has 1 amide bonds. The maximum atomic E-state index is 12.3. The minimum Gasteiger partial charge on any atom is -0.388 e. The summed E-state index contributed by atoms with van der Waals surface area (Å²) in [5, 5.41) is 13.7. The van der Waals surface area contributed by atoms with Crippen molar-refractivity contribution in [3.05, 3.63) is 30.3 Å². The summed E-state index contributed by atoms with van der Waals surface area (Å²) in [6, 6.07) is 10.0. The van der Waals surface area contributed by atoms with Crippen LogP contribution in [0.25, 0.3) is 0 Å². The summed E-state index contributed by atoms with van der Waals surface area (Å²) in [6.45, 7) is 1.34. The van der Waals surface area contributed by atoms with E-state index in [1.165, 1.54) is 0 Å². The first kappa shape index (κ1) is 14.9. The Labute approximate surface area is 129 Å². The molecular formula is C16H22N2O2S. The van der Waals surface area contributed by atoms with Crippen molar-refractivity contribution in [3.63, 3.8) is 0 Å². The van der Waals surface area contributed by atoms with Crippen LogP contribution in [-0.4, -0.2) is 47.3 Å². The number of para-hydroxylation sites is 1. The average Bonchev–Trinajstić information content (AvgIpc) is 2.93. The van der Waals surface area contributed by atoms with E-state index in [4.69, 9.17) is 0 Å². The highest BCUT2D eigenvalue weighted by Crippen LogP contribution is 2.28. The molecule has 0 spiro atoms. The number of nitrogens with zero attached hydrogens (tertiary/aromatic N) is 1. The van der Waals surface area contributed by atoms with Crippen molar-refractivity contribution in [2.45, 2.75) is 30.9 Å². The molecule has 21 heavy (non-hydrogen) atoms. The van der Waals surface area contributed by atoms with Gasteiger partial charge in [0.25, 0.3) is 0 Å². The Bertz CT molecular complexity index is 488. The summed E-state index contributed by atoms with van der Waals surface area (Å²) >= 11 is 1.80. The standard InChI is InChI=1S/C16H22N2O2S/c19-15-10-13(17-11-16(20)7-9-21-12-16)6-8-18(15)14-4-2-1-3-5-14/h1-5,13,17,20H,6-12H2/t13-,16+/m0/s1. The largest absolute Gasteiger partial charge is 0.388 e. The van der Waals surface area contributed by atoms with Crippen LogP contribution >= 0.6 is 11.8 Å². The molecule has 2 atom stereocenters. The van der Waals surface area contributed by atoms with Crippen molar-refractivity contribution < 1.29 is 9.90 Å². The summed E-state index contributed by atoms with van der Waals surface area (Å²) in [5.41, 5.74) is 0.399. The molecule has 4 nitrogen and oxygen atoms in total. The molecule has 2 aliphatic rings. The molecule has 1 aromatic rings. The quantitative estimate of drug-likeness (QED) is 0.888. The summed E-state index contributed by atoms with van der Waals surface area (Å²) in [6.07, 6.45) is 2.30. The van der Waals surface area contributed by atoms with Crippen molar-refractivity contribution in [1.82, 2.24) is 5.32 Å². The van der Waals surface area contributed by atoms with Crippen LogP contribution in [-0.2, 0) is 4.79 Å². The zero-order valence-corrected chi connectivity index (χ0v) is 12.9. The molecule has 0 saturated carbocycles. The Morgan fingerprint density at radius 1 is 1.38 bits per heavy atom. The molecule has 5 heteroatoms. The minimum absolute atomic E-state index is 0.165. The third kappa shape index (κ3) is 3.59. The van der Waals surface area contributed by atoms with Gasteiger partial charge in [0.1, 0.15) is 0 Å². The van der Waals surface area contributed by atoms with Crippen LogP contribution in [0.5, 0.6) is 0 Å². The first-order valence-electron chi connectivity index (χ1n) is 7.55. The van der Waals surface area contributed by atoms with Crippen LogP contribution in [0.1, 0.15) is 19.3 Å². The number of amides is 1. The number of carbonyl (C=O) groups excluding carboxylic acids is 1. The number of piperidine rings is 1. The SMILES string of the molecule is O=C1C[C@@H](NC[C@]2(O)CCSC2)CCN1c1ccccc1. The van der Waals surface area contributed by atoms with Gasteiger partial charge < -0.3 is 15.3 Å². The van der Waals surface area contributed by atoms with Crippen LogP contribution < -0.4 is 10.2 Å². The first-order valence-corrected chi connectivity index (χ1v) is 8.71. The van der Waals surface area contributed by atoms with Gasteiger partial charge in [-0.2, -0.15) is 11.8 Å². The van der Waals surface area contributed by atoms with Gasteiger partial charge in [-0.05, 0) is 30.7 Å². The fraction of sp³-hybridized carbons (Fsp3) is 0.562. The second-order valence-corrected chi connectivity index (χ2v) is 7.08. The van der Waals surface area contributed by atoms with E-state index < -0.39 is 5.60 Å². The fourth-order valence-electron chi connectivity index (χ4n) is 2.96. The maximum Gasteiger partial charge on any atom is 0.228 e. The molecule has 0 aromatic heterocycles. The number of hydrogen-bond acceptors (Lipinski definition) is 4. The molecule has 2 aliphatic heterocycles. The average molecular weight is 306 g/mol. The molecule has 2 heterocycles. The van der Waals surface area contributed by atoms with E-state index in [1.54, 1.807) is 11.8 Å². The first-order chi connectivity index (χ1) is 10.2. The van der Waals surface area contributed by atoms with Crippen molar-refractivity contribution in [2.75, 3.05) is 29.5 Å². The summed E-state index contributed by atoms with van der Waals surface area (Å²) < 4.78 is 0. The Balaban J connectivity index is 1.52. The van der Waals surface area contributed by atoms with Gasteiger partial charge in [0.2, 0.25) is 5.91 Å². The second-order valence-electron chi connectivity index (χ2n) is 5.98. The second kappa shape index (κ2) is 6.38. The van der Waals surface area contributed by atoms with E-state index in [2.05, 4.69) is 5.32 Å². The van der Waals surface area contributed by atoms with Gasteiger partial charge in [-0.15, -0.1) is 0 Å². The molecule has 0 radical (unpaired) electrons. The highest BCUT2D eigenvalue weighted by atomic mass is 32.2. The van der Waals surface area contributed by atoms with E-state index >= 15 is 0 Å². The number of carbonyl (C=O) groups is 1. The van der Waals surface area contributed by atoms with Crippen molar-refractivity contribution in [3.8, 4) is 0 Å². The van der Waals surface area contributed by atoms with Gasteiger partial charge in [0.05, 0.1) is 5.60 Å². The predicted octanol–water partition coefficient (Wildman–Crippen LogP) is 1.64. The smallest absolute Gasteiger partial charge is 0.228 e. The van der Waals surface area contributed by atoms with E-state index in [1.807, 2.05) is 35.2 Å². The van der Waals surface area contributed by atoms with Gasteiger partial charge in [0, 0.05) is 37.0 Å². The van der Waals surface area contributed by atoms with Crippen LogP contribution in [0.15, 0.2) is 30.3 Å². The molecule has 1 aromatic carbocycles. The van der Waals surface area contributed by atoms with E-state index in [-0.39, 0.29) is 11.9 Å². The molecule has 3 rings (SSSR count). The lowest BCUT2D eigenvalue weighted by atomic mass is 10.00. The van der Waals surface area contributed by atoms with Crippen molar-refractivity contribution in [2.24, 2.45) is 0 Å². The Kier molecular flexibility index (Phi) is 4.52. The molecule has 0 aliphatic carbocycles. The third-order valence-electron chi connectivity index (χ3n) is 4.29. The van der Waals surface area contributed by atoms with Crippen LogP contribution in [0, 0.1) is 0 Å². The molecule has 114 valence electrons. The van der Waals surface area contributed by atoms with E-state index in [9.17, 15) is 9.90 Å². The highest BCUT2D eigenvalue weighted by Gasteiger charge is 2.33. The zero-order valence-electron chi connectivity index (χ0n) is 12.1. The summed E-state index contributed by atoms with van der Waals surface area (Å²) in [7, 11) is 0. The minimum atomic E-state index is -0.579. The van der Waals surface area contributed by atoms with Crippen LogP contribution in [0.2, 0.25) is 0 Å². The number of hydrogen-bond donors (Lipinski definition) is 2. The van der Waals surface area contributed by atoms with Gasteiger partial charge in [-0.25, -0.2) is 0 Å². The number of thioether (sulfide) groups is 1. The lowest BCUT2D eigenvalue weighted by molar-refractivity contribution is -0.120. The predicted molar refractivity (Wildman–Crippen MR) is 86.7 cm³/mol. The van der Waals surface area contributed by atoms with E-state index in [0.717, 1.165) is 36.6 Å². The maximum absolute atomic E-state index is 12.3. The van der Waals surface area contributed by atoms with Crippen LogP contribution in [0.4, 0.5) is 5.69 Å². The number of benzene rings is 1.